The van der Waals surface area contributed by atoms with Gasteiger partial charge in [-0.1, -0.05) is 29.8 Å². The van der Waals surface area contributed by atoms with Crippen molar-refractivity contribution in [2.24, 2.45) is 4.99 Å². The van der Waals surface area contributed by atoms with E-state index in [-0.39, 0.29) is 29.5 Å². The molecule has 0 bridgehead atoms. The number of ether oxygens (including phenoxy) is 2. The van der Waals surface area contributed by atoms with E-state index in [9.17, 15) is 0 Å². The van der Waals surface area contributed by atoms with Crippen molar-refractivity contribution in [2.75, 3.05) is 72.2 Å². The van der Waals surface area contributed by atoms with E-state index in [1.54, 1.807) is 0 Å². The van der Waals surface area contributed by atoms with Gasteiger partial charge in [-0.2, -0.15) is 0 Å². The summed E-state index contributed by atoms with van der Waals surface area (Å²) < 4.78 is 11.1. The summed E-state index contributed by atoms with van der Waals surface area (Å²) in [6, 6.07) is 9.20. The fourth-order valence-electron chi connectivity index (χ4n) is 4.21. The van der Waals surface area contributed by atoms with Crippen molar-refractivity contribution in [1.82, 2.24) is 20.4 Å². The number of morpholine rings is 2. The average Bonchev–Trinajstić information content (AvgIpc) is 2.80. The molecule has 0 spiro atoms. The molecule has 182 valence electrons. The minimum Gasteiger partial charge on any atom is -0.379 e. The molecular weight excluding hydrogens is 517 g/mol. The minimum atomic E-state index is 0. The van der Waals surface area contributed by atoms with Crippen molar-refractivity contribution in [1.29, 1.82) is 0 Å². The summed E-state index contributed by atoms with van der Waals surface area (Å²) in [5.41, 5.74) is 2.63. The highest BCUT2D eigenvalue weighted by molar-refractivity contribution is 14.0. The van der Waals surface area contributed by atoms with E-state index in [2.05, 4.69) is 72.4 Å². The molecule has 2 saturated heterocycles. The fraction of sp³-hybridized carbons (Fsp3) is 0.708. The highest BCUT2D eigenvalue weighted by Crippen LogP contribution is 2.22. The van der Waals surface area contributed by atoms with Gasteiger partial charge in [-0.05, 0) is 33.3 Å². The van der Waals surface area contributed by atoms with E-state index in [1.165, 1.54) is 11.1 Å². The normalized spacial score (nSPS) is 19.8. The lowest BCUT2D eigenvalue weighted by molar-refractivity contribution is -0.00684. The molecule has 0 aromatic heterocycles. The smallest absolute Gasteiger partial charge is 0.191 e. The molecule has 2 fully saturated rings. The zero-order valence-electron chi connectivity index (χ0n) is 20.2. The van der Waals surface area contributed by atoms with Crippen LogP contribution in [0.2, 0.25) is 0 Å². The van der Waals surface area contributed by atoms with Gasteiger partial charge in [-0.15, -0.1) is 24.0 Å². The molecule has 1 atom stereocenters. The molecular formula is C24H42IN5O2. The Morgan fingerprint density at radius 3 is 2.19 bits per heavy atom. The summed E-state index contributed by atoms with van der Waals surface area (Å²) >= 11 is 0. The highest BCUT2D eigenvalue weighted by atomic mass is 127. The number of rotatable bonds is 8. The number of benzene rings is 1. The van der Waals surface area contributed by atoms with Crippen LogP contribution in [-0.2, 0) is 9.47 Å². The third-order valence-electron chi connectivity index (χ3n) is 6.25. The van der Waals surface area contributed by atoms with Crippen molar-refractivity contribution in [3.63, 3.8) is 0 Å². The van der Waals surface area contributed by atoms with Crippen LogP contribution in [-0.4, -0.2) is 93.5 Å². The van der Waals surface area contributed by atoms with Gasteiger partial charge in [0.05, 0.1) is 39.0 Å². The average molecular weight is 560 g/mol. The maximum absolute atomic E-state index is 5.59. The van der Waals surface area contributed by atoms with E-state index in [1.807, 2.05) is 0 Å². The molecule has 32 heavy (non-hydrogen) atoms. The number of guanidine groups is 1. The summed E-state index contributed by atoms with van der Waals surface area (Å²) in [5.74, 6) is 0.884. The summed E-state index contributed by atoms with van der Waals surface area (Å²) in [4.78, 5) is 9.95. The Kier molecular flexibility index (Phi) is 11.7. The van der Waals surface area contributed by atoms with Crippen LogP contribution in [0.3, 0.4) is 0 Å². The van der Waals surface area contributed by atoms with Gasteiger partial charge >= 0.3 is 0 Å². The second-order valence-corrected chi connectivity index (χ2v) is 9.06. The first-order chi connectivity index (χ1) is 15.0. The quantitative estimate of drug-likeness (QED) is 0.290. The van der Waals surface area contributed by atoms with Crippen LogP contribution in [0, 0.1) is 6.92 Å². The standard InChI is InChI=1S/C24H41N5O2.HI/c1-5-25-23(27-19-24(3,4)29-12-16-31-17-13-29)26-18-22(28-10-14-30-15-11-28)21-8-6-20(2)7-9-21;/h6-9,22H,5,10-19H2,1-4H3,(H2,25,26,27);1H. The third-order valence-corrected chi connectivity index (χ3v) is 6.25. The van der Waals surface area contributed by atoms with Crippen molar-refractivity contribution in [3.8, 4) is 0 Å². The Bertz CT molecular complexity index is 686. The number of nitrogens with zero attached hydrogens (tertiary/aromatic N) is 3. The lowest BCUT2D eigenvalue weighted by Crippen LogP contribution is -2.52. The number of aliphatic imine (C=N–C) groups is 1. The molecule has 2 aliphatic heterocycles. The largest absolute Gasteiger partial charge is 0.379 e. The van der Waals surface area contributed by atoms with Gasteiger partial charge in [0.15, 0.2) is 5.96 Å². The summed E-state index contributed by atoms with van der Waals surface area (Å²) in [7, 11) is 0. The Labute approximate surface area is 211 Å². The molecule has 2 aliphatic rings. The number of hydrogen-bond acceptors (Lipinski definition) is 5. The Hall–Kier alpha value is -0.940. The second kappa shape index (κ2) is 13.7. The van der Waals surface area contributed by atoms with Crippen LogP contribution in [0.25, 0.3) is 0 Å². The first-order valence-electron chi connectivity index (χ1n) is 11.7. The van der Waals surface area contributed by atoms with Crippen LogP contribution in [0.15, 0.2) is 29.3 Å². The molecule has 1 aromatic rings. The summed E-state index contributed by atoms with van der Waals surface area (Å²) in [6.45, 7) is 18.3. The lowest BCUT2D eigenvalue weighted by atomic mass is 10.0. The number of halogens is 1. The van der Waals surface area contributed by atoms with Crippen LogP contribution in [0.5, 0.6) is 0 Å². The molecule has 3 rings (SSSR count). The first-order valence-corrected chi connectivity index (χ1v) is 11.7. The molecule has 0 saturated carbocycles. The van der Waals surface area contributed by atoms with Crippen LogP contribution in [0.4, 0.5) is 0 Å². The number of aryl methyl sites for hydroxylation is 1. The molecule has 2 N–H and O–H groups in total. The molecule has 1 unspecified atom stereocenters. The Balaban J connectivity index is 0.00000363. The van der Waals surface area contributed by atoms with Crippen molar-refractivity contribution >= 4 is 29.9 Å². The predicted molar refractivity (Wildman–Crippen MR) is 142 cm³/mol. The molecule has 0 amide bonds. The topological polar surface area (TPSA) is 61.4 Å². The number of nitrogens with one attached hydrogen (secondary N) is 2. The van der Waals surface area contributed by atoms with Crippen LogP contribution in [0.1, 0.15) is 37.9 Å². The zero-order chi connectivity index (χ0) is 22.1. The third kappa shape index (κ3) is 8.13. The van der Waals surface area contributed by atoms with Gasteiger partial charge in [0, 0.05) is 44.8 Å². The molecule has 8 heteroatoms. The summed E-state index contributed by atoms with van der Waals surface area (Å²) in [5, 5.41) is 7.05. The van der Waals surface area contributed by atoms with Crippen molar-refractivity contribution in [2.45, 2.75) is 39.3 Å². The highest BCUT2D eigenvalue weighted by Gasteiger charge is 2.28. The van der Waals surface area contributed by atoms with E-state index >= 15 is 0 Å². The van der Waals surface area contributed by atoms with Crippen molar-refractivity contribution < 1.29 is 9.47 Å². The number of hydrogen-bond donors (Lipinski definition) is 2. The lowest BCUT2D eigenvalue weighted by Gasteiger charge is -2.40. The molecule has 1 aromatic carbocycles. The predicted octanol–water partition coefficient (Wildman–Crippen LogP) is 2.65. The van der Waals surface area contributed by atoms with Gasteiger partial charge in [0.2, 0.25) is 0 Å². The molecule has 0 radical (unpaired) electrons. The van der Waals surface area contributed by atoms with Gasteiger partial charge < -0.3 is 20.1 Å². The molecule has 2 heterocycles. The SMILES string of the molecule is CCNC(=NCC(C)(C)N1CCOCC1)NCC(c1ccc(C)cc1)N1CCOCC1.I. The Morgan fingerprint density at radius 1 is 1.00 bits per heavy atom. The minimum absolute atomic E-state index is 0. The Morgan fingerprint density at radius 2 is 1.59 bits per heavy atom. The fourth-order valence-corrected chi connectivity index (χ4v) is 4.21. The van der Waals surface area contributed by atoms with Crippen LogP contribution >= 0.6 is 24.0 Å². The molecule has 7 nitrogen and oxygen atoms in total. The monoisotopic (exact) mass is 559 g/mol. The van der Waals surface area contributed by atoms with Gasteiger partial charge in [0.25, 0.3) is 0 Å². The van der Waals surface area contributed by atoms with E-state index in [0.29, 0.717) is 6.04 Å². The maximum Gasteiger partial charge on any atom is 0.191 e. The zero-order valence-corrected chi connectivity index (χ0v) is 22.6. The molecule has 0 aliphatic carbocycles. The van der Waals surface area contributed by atoms with Gasteiger partial charge in [-0.25, -0.2) is 0 Å². The van der Waals surface area contributed by atoms with E-state index in [4.69, 9.17) is 14.5 Å². The second-order valence-electron chi connectivity index (χ2n) is 9.06. The van der Waals surface area contributed by atoms with Gasteiger partial charge in [0.1, 0.15) is 0 Å². The maximum atomic E-state index is 5.59. The van der Waals surface area contributed by atoms with Crippen molar-refractivity contribution in [3.05, 3.63) is 35.4 Å². The first kappa shape index (κ1) is 27.3. The summed E-state index contributed by atoms with van der Waals surface area (Å²) in [6.07, 6.45) is 0. The van der Waals surface area contributed by atoms with Gasteiger partial charge in [-0.3, -0.25) is 14.8 Å². The van der Waals surface area contributed by atoms with E-state index < -0.39 is 0 Å². The van der Waals surface area contributed by atoms with Crippen LogP contribution < -0.4 is 10.6 Å². The van der Waals surface area contributed by atoms with E-state index in [0.717, 1.165) is 78.2 Å².